The van der Waals surface area contributed by atoms with Gasteiger partial charge in [0.2, 0.25) is 0 Å². The zero-order valence-electron chi connectivity index (χ0n) is 12.5. The Labute approximate surface area is 139 Å². The highest BCUT2D eigenvalue weighted by atomic mass is 32.2. The highest BCUT2D eigenvalue weighted by Crippen LogP contribution is 2.32. The highest BCUT2D eigenvalue weighted by Gasteiger charge is 2.27. The van der Waals surface area contributed by atoms with E-state index in [1.165, 1.54) is 30.3 Å². The minimum absolute atomic E-state index is 0.0860. The van der Waals surface area contributed by atoms with Gasteiger partial charge >= 0.3 is 0 Å². The first-order valence-electron chi connectivity index (χ1n) is 7.17. The Morgan fingerprint density at radius 2 is 2.05 bits per heavy atom. The lowest BCUT2D eigenvalue weighted by Crippen LogP contribution is -2.45. The first kappa shape index (κ1) is 16.9. The molecule has 2 atom stereocenters. The van der Waals surface area contributed by atoms with E-state index in [0.29, 0.717) is 28.8 Å². The largest absolute Gasteiger partial charge is 0.352 e. The van der Waals surface area contributed by atoms with Gasteiger partial charge in [-0.15, -0.1) is 0 Å². The summed E-state index contributed by atoms with van der Waals surface area (Å²) in [5, 5.41) is 10.8. The van der Waals surface area contributed by atoms with Crippen molar-refractivity contribution in [3.05, 3.63) is 33.9 Å². The summed E-state index contributed by atoms with van der Waals surface area (Å²) in [6.45, 7) is 4.30. The Morgan fingerprint density at radius 3 is 2.59 bits per heavy atom. The van der Waals surface area contributed by atoms with Crippen molar-refractivity contribution in [3.8, 4) is 0 Å². The monoisotopic (exact) mass is 338 g/mol. The fourth-order valence-electron chi connectivity index (χ4n) is 2.76. The number of non-ortho nitro benzene ring substituents is 1. The molecule has 0 N–H and O–H groups in total. The molecular weight excluding hydrogens is 320 g/mol. The van der Waals surface area contributed by atoms with Gasteiger partial charge < -0.3 is 4.90 Å². The van der Waals surface area contributed by atoms with Gasteiger partial charge in [-0.25, -0.2) is 0 Å². The molecule has 0 amide bonds. The number of nitro benzene ring substituents is 1. The number of rotatable bonds is 3. The number of carbonyl (C=O) groups excluding carboxylic acids is 1. The van der Waals surface area contributed by atoms with Crippen LogP contribution in [0, 0.1) is 10.1 Å². The molecule has 0 radical (unpaired) electrons. The number of hydrogen-bond donors (Lipinski definition) is 0. The Hall–Kier alpha value is -1.47. The number of carbonyl (C=O) groups is 1. The molecule has 1 saturated heterocycles. The molecule has 0 unspecified atom stereocenters. The molecule has 7 heteroatoms. The van der Waals surface area contributed by atoms with Gasteiger partial charge in [0, 0.05) is 34.7 Å². The Balaban J connectivity index is 2.20. The Kier molecular flexibility index (Phi) is 5.52. The van der Waals surface area contributed by atoms with E-state index in [9.17, 15) is 14.9 Å². The minimum Gasteiger partial charge on any atom is -0.352 e. The quantitative estimate of drug-likeness (QED) is 0.272. The summed E-state index contributed by atoms with van der Waals surface area (Å²) in [4.78, 5) is 24.3. The maximum atomic E-state index is 11.2. The third kappa shape index (κ3) is 3.64. The highest BCUT2D eigenvalue weighted by molar-refractivity contribution is 8.23. The van der Waals surface area contributed by atoms with Crippen LogP contribution >= 0.6 is 24.0 Å². The van der Waals surface area contributed by atoms with Gasteiger partial charge in [-0.3, -0.25) is 14.9 Å². The summed E-state index contributed by atoms with van der Waals surface area (Å²) in [6.07, 6.45) is 4.04. The standard InChI is InChI=1S/C15H18N2O3S2/c1-10-4-3-5-11(2)16(10)15(21)22-14-7-6-13(17(19)20)8-12(14)9-18/h6-11H,3-5H2,1-2H3/t10-,11-/m0/s1. The van der Waals surface area contributed by atoms with Crippen LogP contribution in [0.1, 0.15) is 43.5 Å². The van der Waals surface area contributed by atoms with E-state index in [2.05, 4.69) is 18.7 Å². The van der Waals surface area contributed by atoms with Crippen LogP contribution in [0.4, 0.5) is 5.69 Å². The van der Waals surface area contributed by atoms with Crippen molar-refractivity contribution in [1.29, 1.82) is 0 Å². The maximum absolute atomic E-state index is 11.2. The molecule has 5 nitrogen and oxygen atoms in total. The van der Waals surface area contributed by atoms with Crippen LogP contribution < -0.4 is 0 Å². The first-order chi connectivity index (χ1) is 10.4. The second-order valence-electron chi connectivity index (χ2n) is 5.50. The topological polar surface area (TPSA) is 63.4 Å². The lowest BCUT2D eigenvalue weighted by atomic mass is 9.99. The molecule has 22 heavy (non-hydrogen) atoms. The first-order valence-corrected chi connectivity index (χ1v) is 8.40. The van der Waals surface area contributed by atoms with Crippen molar-refractivity contribution in [2.45, 2.75) is 50.1 Å². The van der Waals surface area contributed by atoms with Crippen LogP contribution in [-0.4, -0.2) is 32.5 Å². The van der Waals surface area contributed by atoms with Gasteiger partial charge in [-0.1, -0.05) is 24.0 Å². The van der Waals surface area contributed by atoms with E-state index >= 15 is 0 Å². The zero-order chi connectivity index (χ0) is 16.3. The number of benzene rings is 1. The van der Waals surface area contributed by atoms with E-state index in [-0.39, 0.29) is 5.69 Å². The molecule has 1 aromatic carbocycles. The number of thiocarbonyl (C=S) groups is 1. The molecule has 0 bridgehead atoms. The van der Waals surface area contributed by atoms with Gasteiger partial charge in [-0.05, 0) is 39.2 Å². The molecule has 118 valence electrons. The Morgan fingerprint density at radius 1 is 1.41 bits per heavy atom. The predicted molar refractivity (Wildman–Crippen MR) is 91.6 cm³/mol. The van der Waals surface area contributed by atoms with Gasteiger partial charge in [0.05, 0.1) is 4.92 Å². The minimum atomic E-state index is -0.505. The van der Waals surface area contributed by atoms with Crippen molar-refractivity contribution >= 4 is 40.3 Å². The van der Waals surface area contributed by atoms with Crippen molar-refractivity contribution in [1.82, 2.24) is 4.90 Å². The summed E-state index contributed by atoms with van der Waals surface area (Å²) in [5.74, 6) is 0. The SMILES string of the molecule is C[C@H]1CCC[C@H](C)N1C(=S)Sc1ccc([N+](=O)[O-])cc1C=O. The third-order valence-electron chi connectivity index (χ3n) is 3.93. The zero-order valence-corrected chi connectivity index (χ0v) is 14.2. The number of hydrogen-bond acceptors (Lipinski definition) is 5. The van der Waals surface area contributed by atoms with Crippen LogP contribution in [0.25, 0.3) is 0 Å². The van der Waals surface area contributed by atoms with Crippen molar-refractivity contribution in [2.24, 2.45) is 0 Å². The molecule has 1 aliphatic rings. The molecule has 1 heterocycles. The second kappa shape index (κ2) is 7.19. The molecule has 1 aromatic rings. The van der Waals surface area contributed by atoms with E-state index in [1.54, 1.807) is 6.07 Å². The molecule has 1 fully saturated rings. The Bertz CT molecular complexity index is 596. The van der Waals surface area contributed by atoms with Crippen LogP contribution in [0.15, 0.2) is 23.1 Å². The predicted octanol–water partition coefficient (Wildman–Crippen LogP) is 4.05. The average molecular weight is 338 g/mol. The van der Waals surface area contributed by atoms with E-state index in [4.69, 9.17) is 12.2 Å². The normalized spacial score (nSPS) is 21.5. The van der Waals surface area contributed by atoms with Crippen molar-refractivity contribution in [3.63, 3.8) is 0 Å². The van der Waals surface area contributed by atoms with Crippen LogP contribution in [-0.2, 0) is 0 Å². The number of aldehydes is 1. The van der Waals surface area contributed by atoms with Crippen molar-refractivity contribution < 1.29 is 9.72 Å². The molecule has 2 rings (SSSR count). The third-order valence-corrected chi connectivity index (χ3v) is 5.37. The fraction of sp³-hybridized carbons (Fsp3) is 0.467. The maximum Gasteiger partial charge on any atom is 0.270 e. The number of nitro groups is 1. The van der Waals surface area contributed by atoms with E-state index in [0.717, 1.165) is 17.2 Å². The second-order valence-corrected chi connectivity index (χ2v) is 7.18. The summed E-state index contributed by atoms with van der Waals surface area (Å²) in [6, 6.07) is 5.04. The van der Waals surface area contributed by atoms with Crippen LogP contribution in [0.5, 0.6) is 0 Å². The number of thioether (sulfide) groups is 1. The fourth-order valence-corrected chi connectivity index (χ4v) is 4.41. The summed E-state index contributed by atoms with van der Waals surface area (Å²) >= 11 is 6.87. The van der Waals surface area contributed by atoms with E-state index in [1.807, 2.05) is 0 Å². The molecule has 0 aliphatic carbocycles. The number of piperidine rings is 1. The van der Waals surface area contributed by atoms with Crippen molar-refractivity contribution in [2.75, 3.05) is 0 Å². The molecular formula is C15H18N2O3S2. The summed E-state index contributed by atoms with van der Waals surface area (Å²) in [7, 11) is 0. The summed E-state index contributed by atoms with van der Waals surface area (Å²) in [5.41, 5.74) is 0.218. The molecule has 1 aliphatic heterocycles. The molecule has 0 saturated carbocycles. The molecule has 0 spiro atoms. The number of likely N-dealkylation sites (tertiary alicyclic amines) is 1. The number of nitrogens with zero attached hydrogens (tertiary/aromatic N) is 2. The van der Waals surface area contributed by atoms with E-state index < -0.39 is 4.92 Å². The van der Waals surface area contributed by atoms with Gasteiger partial charge in [0.15, 0.2) is 6.29 Å². The molecule has 0 aromatic heterocycles. The van der Waals surface area contributed by atoms with Crippen LogP contribution in [0.3, 0.4) is 0 Å². The average Bonchev–Trinajstić information content (AvgIpc) is 2.47. The van der Waals surface area contributed by atoms with Gasteiger partial charge in [0.1, 0.15) is 4.32 Å². The van der Waals surface area contributed by atoms with Gasteiger partial charge in [0.25, 0.3) is 5.69 Å². The van der Waals surface area contributed by atoms with Gasteiger partial charge in [-0.2, -0.15) is 0 Å². The smallest absolute Gasteiger partial charge is 0.270 e. The lowest BCUT2D eigenvalue weighted by molar-refractivity contribution is -0.384. The summed E-state index contributed by atoms with van der Waals surface area (Å²) < 4.78 is 0.719. The lowest BCUT2D eigenvalue weighted by Gasteiger charge is -2.40. The van der Waals surface area contributed by atoms with Crippen LogP contribution in [0.2, 0.25) is 0 Å².